The van der Waals surface area contributed by atoms with E-state index in [-0.39, 0.29) is 11.9 Å². The van der Waals surface area contributed by atoms with Crippen LogP contribution in [0.1, 0.15) is 38.1 Å². The Bertz CT molecular complexity index is 651. The monoisotopic (exact) mass is 343 g/mol. The average molecular weight is 343 g/mol. The summed E-state index contributed by atoms with van der Waals surface area (Å²) >= 11 is 0. The summed E-state index contributed by atoms with van der Waals surface area (Å²) in [6, 6.07) is 14.0. The van der Waals surface area contributed by atoms with Gasteiger partial charge in [-0.05, 0) is 51.0 Å². The highest BCUT2D eigenvalue weighted by atomic mass is 16.5. The van der Waals surface area contributed by atoms with Crippen LogP contribution >= 0.6 is 0 Å². The molecule has 5 heteroatoms. The van der Waals surface area contributed by atoms with Gasteiger partial charge in [-0.1, -0.05) is 18.2 Å². The zero-order chi connectivity index (χ0) is 18.1. The van der Waals surface area contributed by atoms with Crippen LogP contribution in [-0.2, 0) is 31.9 Å². The van der Waals surface area contributed by atoms with Crippen molar-refractivity contribution in [1.29, 1.82) is 0 Å². The first-order valence-corrected chi connectivity index (χ1v) is 8.71. The molecule has 0 unspecified atom stereocenters. The van der Waals surface area contributed by atoms with Gasteiger partial charge >= 0.3 is 11.9 Å². The maximum atomic E-state index is 11.7. The molecule has 1 heterocycles. The Kier molecular flexibility index (Phi) is 7.26. The highest BCUT2D eigenvalue weighted by Crippen LogP contribution is 2.20. The lowest BCUT2D eigenvalue weighted by atomic mass is 10.2. The van der Waals surface area contributed by atoms with Crippen molar-refractivity contribution in [2.45, 2.75) is 39.5 Å². The van der Waals surface area contributed by atoms with Crippen molar-refractivity contribution in [1.82, 2.24) is 4.57 Å². The van der Waals surface area contributed by atoms with Crippen LogP contribution in [0, 0.1) is 0 Å². The number of aryl methyl sites for hydroxylation is 2. The van der Waals surface area contributed by atoms with Crippen LogP contribution in [0.15, 0.2) is 42.5 Å². The zero-order valence-electron chi connectivity index (χ0n) is 14.9. The Morgan fingerprint density at radius 2 is 1.28 bits per heavy atom. The van der Waals surface area contributed by atoms with Gasteiger partial charge in [0, 0.05) is 17.1 Å². The van der Waals surface area contributed by atoms with Crippen molar-refractivity contribution in [2.75, 3.05) is 13.2 Å². The Hall–Kier alpha value is -2.56. The zero-order valence-corrected chi connectivity index (χ0v) is 14.9. The van der Waals surface area contributed by atoms with E-state index in [1.54, 1.807) is 13.8 Å². The molecule has 0 aliphatic heterocycles. The van der Waals surface area contributed by atoms with E-state index < -0.39 is 0 Å². The van der Waals surface area contributed by atoms with Gasteiger partial charge in [-0.2, -0.15) is 0 Å². The van der Waals surface area contributed by atoms with Crippen molar-refractivity contribution in [3.63, 3.8) is 0 Å². The average Bonchev–Trinajstić information content (AvgIpc) is 3.02. The van der Waals surface area contributed by atoms with Crippen molar-refractivity contribution in [3.8, 4) is 5.69 Å². The molecule has 0 aliphatic rings. The fourth-order valence-corrected chi connectivity index (χ4v) is 2.75. The molecule has 25 heavy (non-hydrogen) atoms. The van der Waals surface area contributed by atoms with Crippen molar-refractivity contribution in [3.05, 3.63) is 53.9 Å². The molecule has 1 aromatic heterocycles. The summed E-state index contributed by atoms with van der Waals surface area (Å²) < 4.78 is 12.1. The standard InChI is InChI=1S/C20H25NO4/c1-3-24-19(22)14-12-17-10-11-18(13-15-20(23)25-4-2)21(17)16-8-6-5-7-9-16/h5-11H,3-4,12-15H2,1-2H3. The molecule has 0 aliphatic carbocycles. The summed E-state index contributed by atoms with van der Waals surface area (Å²) in [6.45, 7) is 4.39. The number of nitrogens with zero attached hydrogens (tertiary/aromatic N) is 1. The summed E-state index contributed by atoms with van der Waals surface area (Å²) in [7, 11) is 0. The smallest absolute Gasteiger partial charge is 0.306 e. The number of rotatable bonds is 9. The van der Waals surface area contributed by atoms with Crippen molar-refractivity contribution < 1.29 is 19.1 Å². The molecule has 2 rings (SSSR count). The molecule has 1 aromatic carbocycles. The topological polar surface area (TPSA) is 57.5 Å². The van der Waals surface area contributed by atoms with Crippen LogP contribution in [-0.4, -0.2) is 29.7 Å². The second-order valence-electron chi connectivity index (χ2n) is 5.60. The van der Waals surface area contributed by atoms with Gasteiger partial charge in [-0.15, -0.1) is 0 Å². The van der Waals surface area contributed by atoms with Crippen LogP contribution in [0.2, 0.25) is 0 Å². The second-order valence-corrected chi connectivity index (χ2v) is 5.60. The minimum atomic E-state index is -0.198. The molecule has 0 saturated heterocycles. The Morgan fingerprint density at radius 3 is 1.72 bits per heavy atom. The van der Waals surface area contributed by atoms with E-state index in [4.69, 9.17) is 9.47 Å². The van der Waals surface area contributed by atoms with E-state index >= 15 is 0 Å². The molecule has 0 spiro atoms. The summed E-state index contributed by atoms with van der Waals surface area (Å²) in [5, 5.41) is 0. The Balaban J connectivity index is 2.18. The number of esters is 2. The van der Waals surface area contributed by atoms with Gasteiger partial charge in [0.1, 0.15) is 0 Å². The Morgan fingerprint density at radius 1 is 0.800 bits per heavy atom. The second kappa shape index (κ2) is 9.67. The van der Waals surface area contributed by atoms with E-state index in [1.807, 2.05) is 42.5 Å². The van der Waals surface area contributed by atoms with E-state index in [2.05, 4.69) is 4.57 Å². The van der Waals surface area contributed by atoms with Gasteiger partial charge in [0.15, 0.2) is 0 Å². The molecule has 2 aromatic rings. The summed E-state index contributed by atoms with van der Waals surface area (Å²) in [5.41, 5.74) is 3.07. The summed E-state index contributed by atoms with van der Waals surface area (Å²) in [6.07, 6.45) is 1.85. The Labute approximate surface area is 148 Å². The van der Waals surface area contributed by atoms with Gasteiger partial charge < -0.3 is 14.0 Å². The first-order chi connectivity index (χ1) is 12.2. The quantitative estimate of drug-likeness (QED) is 0.654. The minimum Gasteiger partial charge on any atom is -0.466 e. The third-order valence-electron chi connectivity index (χ3n) is 3.84. The third kappa shape index (κ3) is 5.48. The lowest BCUT2D eigenvalue weighted by molar-refractivity contribution is -0.143. The molecule has 0 saturated carbocycles. The van der Waals surface area contributed by atoms with Gasteiger partial charge in [0.2, 0.25) is 0 Å². The van der Waals surface area contributed by atoms with Crippen LogP contribution in [0.25, 0.3) is 5.69 Å². The van der Waals surface area contributed by atoms with E-state index in [1.165, 1.54) is 0 Å². The summed E-state index contributed by atoms with van der Waals surface area (Å²) in [5.74, 6) is -0.396. The van der Waals surface area contributed by atoms with Gasteiger partial charge in [0.05, 0.1) is 26.1 Å². The summed E-state index contributed by atoms with van der Waals surface area (Å²) in [4.78, 5) is 23.3. The highest BCUT2D eigenvalue weighted by molar-refractivity contribution is 5.70. The predicted octanol–water partition coefficient (Wildman–Crippen LogP) is 3.47. The lowest BCUT2D eigenvalue weighted by Crippen LogP contribution is -2.11. The van der Waals surface area contributed by atoms with Crippen LogP contribution in [0.3, 0.4) is 0 Å². The molecule has 0 N–H and O–H groups in total. The highest BCUT2D eigenvalue weighted by Gasteiger charge is 2.13. The van der Waals surface area contributed by atoms with Gasteiger partial charge in [0.25, 0.3) is 0 Å². The maximum absolute atomic E-state index is 11.7. The molecule has 0 fully saturated rings. The molecule has 0 radical (unpaired) electrons. The molecule has 0 bridgehead atoms. The minimum absolute atomic E-state index is 0.198. The third-order valence-corrected chi connectivity index (χ3v) is 3.84. The largest absolute Gasteiger partial charge is 0.466 e. The molecular formula is C20H25NO4. The number of benzene rings is 1. The number of carbonyl (C=O) groups excluding carboxylic acids is 2. The predicted molar refractivity (Wildman–Crippen MR) is 95.7 cm³/mol. The van der Waals surface area contributed by atoms with Crippen LogP contribution < -0.4 is 0 Å². The fraction of sp³-hybridized carbons (Fsp3) is 0.400. The number of carbonyl (C=O) groups is 2. The van der Waals surface area contributed by atoms with Gasteiger partial charge in [-0.3, -0.25) is 9.59 Å². The SMILES string of the molecule is CCOC(=O)CCc1ccc(CCC(=O)OCC)n1-c1ccccc1. The maximum Gasteiger partial charge on any atom is 0.306 e. The first-order valence-electron chi connectivity index (χ1n) is 8.71. The fourth-order valence-electron chi connectivity index (χ4n) is 2.75. The number of hydrogen-bond donors (Lipinski definition) is 0. The van der Waals surface area contributed by atoms with E-state index in [0.717, 1.165) is 17.1 Å². The van der Waals surface area contributed by atoms with Crippen LogP contribution in [0.5, 0.6) is 0 Å². The van der Waals surface area contributed by atoms with Crippen molar-refractivity contribution in [2.24, 2.45) is 0 Å². The van der Waals surface area contributed by atoms with Crippen LogP contribution in [0.4, 0.5) is 0 Å². The number of aromatic nitrogens is 1. The van der Waals surface area contributed by atoms with E-state index in [0.29, 0.717) is 38.9 Å². The number of hydrogen-bond acceptors (Lipinski definition) is 4. The molecular weight excluding hydrogens is 318 g/mol. The molecule has 5 nitrogen and oxygen atoms in total. The van der Waals surface area contributed by atoms with Gasteiger partial charge in [-0.25, -0.2) is 0 Å². The molecule has 134 valence electrons. The normalized spacial score (nSPS) is 10.5. The van der Waals surface area contributed by atoms with Crippen molar-refractivity contribution >= 4 is 11.9 Å². The lowest BCUT2D eigenvalue weighted by Gasteiger charge is -2.14. The molecule has 0 atom stereocenters. The first kappa shape index (κ1) is 18.8. The number of ether oxygens (including phenoxy) is 2. The molecule has 0 amide bonds. The number of para-hydroxylation sites is 1. The van der Waals surface area contributed by atoms with E-state index in [9.17, 15) is 9.59 Å².